The molecule has 0 spiro atoms. The molecule has 1 amide bonds. The number of hydrogen-bond acceptors (Lipinski definition) is 5. The highest BCUT2D eigenvalue weighted by Gasteiger charge is 2.32. The van der Waals surface area contributed by atoms with Crippen molar-refractivity contribution in [3.05, 3.63) is 53.9 Å². The van der Waals surface area contributed by atoms with Crippen molar-refractivity contribution < 1.29 is 18.3 Å². The topological polar surface area (TPSA) is 50.6 Å². The molecule has 2 aromatic rings. The largest absolute Gasteiger partial charge is 0.435 e. The molecule has 0 radical (unpaired) electrons. The second-order valence-corrected chi connectivity index (χ2v) is 7.57. The second-order valence-electron chi connectivity index (χ2n) is 6.40. The molecule has 4 rings (SSSR count). The molecule has 27 heavy (non-hydrogen) atoms. The molecule has 2 aliphatic heterocycles. The molecule has 0 saturated carbocycles. The predicted molar refractivity (Wildman–Crippen MR) is 96.3 cm³/mol. The van der Waals surface area contributed by atoms with Gasteiger partial charge in [-0.3, -0.25) is 9.48 Å². The van der Waals surface area contributed by atoms with E-state index in [4.69, 9.17) is 0 Å². The van der Waals surface area contributed by atoms with E-state index in [1.54, 1.807) is 59.4 Å². The van der Waals surface area contributed by atoms with E-state index in [0.717, 1.165) is 18.0 Å². The van der Waals surface area contributed by atoms with Crippen molar-refractivity contribution >= 4 is 17.9 Å². The van der Waals surface area contributed by atoms with Crippen molar-refractivity contribution in [2.24, 2.45) is 0 Å². The van der Waals surface area contributed by atoms with Gasteiger partial charge in [-0.05, 0) is 53.4 Å². The van der Waals surface area contributed by atoms with Gasteiger partial charge in [-0.2, -0.15) is 13.9 Å². The van der Waals surface area contributed by atoms with E-state index in [0.29, 0.717) is 13.1 Å². The van der Waals surface area contributed by atoms with Crippen LogP contribution < -0.4 is 4.74 Å². The third kappa shape index (κ3) is 4.30. The number of hydrogen-bond donors (Lipinski definition) is 0. The van der Waals surface area contributed by atoms with Crippen molar-refractivity contribution in [3.63, 3.8) is 0 Å². The van der Waals surface area contributed by atoms with Crippen LogP contribution in [-0.2, 0) is 11.3 Å². The Kier molecular flexibility index (Phi) is 5.13. The number of alkyl halides is 2. The molecule has 6 nitrogen and oxygen atoms in total. The monoisotopic (exact) mass is 392 g/mol. The summed E-state index contributed by atoms with van der Waals surface area (Å²) in [4.78, 5) is 15.2. The Morgan fingerprint density at radius 3 is 2.44 bits per heavy atom. The lowest BCUT2D eigenvalue weighted by Crippen LogP contribution is -2.35. The summed E-state index contributed by atoms with van der Waals surface area (Å²) in [5.41, 5.74) is 2.57. The first-order chi connectivity index (χ1) is 13.1. The summed E-state index contributed by atoms with van der Waals surface area (Å²) < 4.78 is 32.6. The van der Waals surface area contributed by atoms with Crippen LogP contribution >= 0.6 is 11.9 Å². The van der Waals surface area contributed by atoms with Crippen molar-refractivity contribution in [2.75, 3.05) is 26.2 Å². The van der Waals surface area contributed by atoms with E-state index in [1.165, 1.54) is 11.1 Å². The van der Waals surface area contributed by atoms with Crippen molar-refractivity contribution in [2.45, 2.75) is 18.1 Å². The maximum absolute atomic E-state index is 12.4. The van der Waals surface area contributed by atoms with Crippen molar-refractivity contribution in [1.29, 1.82) is 0 Å². The Morgan fingerprint density at radius 1 is 1.15 bits per heavy atom. The number of amides is 1. The highest BCUT2D eigenvalue weighted by molar-refractivity contribution is 7.97. The first kappa shape index (κ1) is 18.0. The molecule has 0 N–H and O–H groups in total. The van der Waals surface area contributed by atoms with Crippen molar-refractivity contribution in [1.82, 2.24) is 19.0 Å². The average molecular weight is 392 g/mol. The highest BCUT2D eigenvalue weighted by Crippen LogP contribution is 2.33. The molecular weight excluding hydrogens is 374 g/mol. The predicted octanol–water partition coefficient (Wildman–Crippen LogP) is 2.65. The summed E-state index contributed by atoms with van der Waals surface area (Å²) in [6, 6.07) is 8.43. The van der Waals surface area contributed by atoms with E-state index in [-0.39, 0.29) is 18.2 Å². The molecule has 142 valence electrons. The third-order valence-electron chi connectivity index (χ3n) is 4.49. The van der Waals surface area contributed by atoms with Crippen LogP contribution in [0.4, 0.5) is 8.78 Å². The Bertz CT molecular complexity index is 822. The van der Waals surface area contributed by atoms with Crippen molar-refractivity contribution in [3.8, 4) is 5.75 Å². The molecule has 0 saturated heterocycles. The zero-order valence-electron chi connectivity index (χ0n) is 14.4. The molecule has 9 heteroatoms. The second kappa shape index (κ2) is 7.69. The number of benzene rings is 1. The zero-order chi connectivity index (χ0) is 18.8. The van der Waals surface area contributed by atoms with E-state index >= 15 is 0 Å². The summed E-state index contributed by atoms with van der Waals surface area (Å²) in [7, 11) is 0. The molecule has 0 unspecified atom stereocenters. The smallest absolute Gasteiger partial charge is 0.387 e. The minimum Gasteiger partial charge on any atom is -0.435 e. The maximum atomic E-state index is 12.4. The first-order valence-corrected chi connectivity index (χ1v) is 9.27. The molecule has 1 aromatic heterocycles. The quantitative estimate of drug-likeness (QED) is 0.559. The number of ether oxygens (including phenoxy) is 1. The van der Waals surface area contributed by atoms with Gasteiger partial charge in [0.05, 0.1) is 0 Å². The molecule has 0 aliphatic carbocycles. The fourth-order valence-corrected chi connectivity index (χ4v) is 4.25. The van der Waals surface area contributed by atoms with Gasteiger partial charge in [0.2, 0.25) is 5.91 Å². The number of rotatable bonds is 6. The minimum absolute atomic E-state index is 0.0712. The molecule has 0 fully saturated rings. The zero-order valence-corrected chi connectivity index (χ0v) is 15.2. The fourth-order valence-electron chi connectivity index (χ4n) is 3.25. The lowest BCUT2D eigenvalue weighted by Gasteiger charge is -2.22. The Hall–Kier alpha value is -2.39. The molecule has 3 heterocycles. The van der Waals surface area contributed by atoms with Gasteiger partial charge < -0.3 is 9.64 Å². The first-order valence-electron chi connectivity index (χ1n) is 8.49. The Labute approximate surface area is 159 Å². The van der Waals surface area contributed by atoms with Crippen LogP contribution in [0.15, 0.2) is 58.8 Å². The van der Waals surface area contributed by atoms with E-state index in [9.17, 15) is 13.6 Å². The van der Waals surface area contributed by atoms with Crippen LogP contribution in [0, 0.1) is 0 Å². The van der Waals surface area contributed by atoms with E-state index in [1.807, 2.05) is 4.90 Å². The Morgan fingerprint density at radius 2 is 1.85 bits per heavy atom. The van der Waals surface area contributed by atoms with Crippen LogP contribution in [0.1, 0.15) is 0 Å². The van der Waals surface area contributed by atoms with Gasteiger partial charge in [0.15, 0.2) is 0 Å². The molecule has 0 bridgehead atoms. The number of aromatic nitrogens is 2. The van der Waals surface area contributed by atoms with Gasteiger partial charge in [-0.1, -0.05) is 0 Å². The van der Waals surface area contributed by atoms with Crippen LogP contribution in [0.25, 0.3) is 0 Å². The number of carbonyl (C=O) groups excluding carboxylic acids is 1. The average Bonchev–Trinajstić information content (AvgIpc) is 3.32. The van der Waals surface area contributed by atoms with Gasteiger partial charge in [0.1, 0.15) is 12.3 Å². The Balaban J connectivity index is 1.27. The van der Waals surface area contributed by atoms with Crippen LogP contribution in [0.5, 0.6) is 5.75 Å². The van der Waals surface area contributed by atoms with Crippen LogP contribution in [0.2, 0.25) is 0 Å². The standard InChI is InChI=1S/C18H18F2N4O2S/c19-18(20)26-15-2-4-16(5-3-15)27-24-10-13-8-22(9-14(13)11-24)17(25)12-23-7-1-6-21-23/h1-7,18H,8-12H2. The highest BCUT2D eigenvalue weighted by atomic mass is 32.2. The third-order valence-corrected chi connectivity index (χ3v) is 5.49. The van der Waals surface area contributed by atoms with Crippen LogP contribution in [-0.4, -0.2) is 57.7 Å². The van der Waals surface area contributed by atoms with Gasteiger partial charge in [0, 0.05) is 43.5 Å². The molecule has 1 aromatic carbocycles. The summed E-state index contributed by atoms with van der Waals surface area (Å²) in [6.07, 6.45) is 3.45. The molecule has 2 aliphatic rings. The summed E-state index contributed by atoms with van der Waals surface area (Å²) in [5.74, 6) is 0.227. The molecular formula is C18H18F2N4O2S. The number of halogens is 2. The summed E-state index contributed by atoms with van der Waals surface area (Å²) in [5, 5.41) is 4.07. The summed E-state index contributed by atoms with van der Waals surface area (Å²) in [6.45, 7) is 0.357. The lowest BCUT2D eigenvalue weighted by molar-refractivity contribution is -0.130. The lowest BCUT2D eigenvalue weighted by atomic mass is 10.2. The number of nitrogens with zero attached hydrogens (tertiary/aromatic N) is 4. The normalized spacial score (nSPS) is 17.1. The van der Waals surface area contributed by atoms with Gasteiger partial charge in [-0.15, -0.1) is 0 Å². The van der Waals surface area contributed by atoms with Gasteiger partial charge >= 0.3 is 6.61 Å². The van der Waals surface area contributed by atoms with Crippen LogP contribution in [0.3, 0.4) is 0 Å². The molecule has 0 atom stereocenters. The number of carbonyl (C=O) groups is 1. The van der Waals surface area contributed by atoms with Gasteiger partial charge in [0.25, 0.3) is 0 Å². The van der Waals surface area contributed by atoms with E-state index < -0.39 is 6.61 Å². The van der Waals surface area contributed by atoms with Gasteiger partial charge in [-0.25, -0.2) is 4.31 Å². The summed E-state index contributed by atoms with van der Waals surface area (Å²) >= 11 is 1.58. The fraction of sp³-hybridized carbons (Fsp3) is 0.333. The van der Waals surface area contributed by atoms with E-state index in [2.05, 4.69) is 14.1 Å². The SMILES string of the molecule is O=C(Cn1cccn1)N1CC2=C(CN(Sc3ccc(OC(F)F)cc3)C2)C1. The minimum atomic E-state index is -2.81. The maximum Gasteiger partial charge on any atom is 0.387 e.